The first kappa shape index (κ1) is 59.7. The van der Waals surface area contributed by atoms with Gasteiger partial charge in [0, 0.05) is 97.1 Å². The van der Waals surface area contributed by atoms with E-state index in [2.05, 4.69) is 31.0 Å². The van der Waals surface area contributed by atoms with Gasteiger partial charge in [0.2, 0.25) is 27.3 Å². The van der Waals surface area contributed by atoms with Gasteiger partial charge < -0.3 is 59.2 Å². The minimum absolute atomic E-state index is 0.0992. The van der Waals surface area contributed by atoms with Crippen LogP contribution in [-0.2, 0) is 65.8 Å². The summed E-state index contributed by atoms with van der Waals surface area (Å²) in [6.45, 7) is 12.3. The summed E-state index contributed by atoms with van der Waals surface area (Å²) in [7, 11) is -0.856. The van der Waals surface area contributed by atoms with Crippen molar-refractivity contribution in [3.8, 4) is 5.75 Å². The van der Waals surface area contributed by atoms with Gasteiger partial charge in [0.1, 0.15) is 24.0 Å². The van der Waals surface area contributed by atoms with Gasteiger partial charge in [-0.05, 0) is 93.0 Å². The summed E-state index contributed by atoms with van der Waals surface area (Å²) in [6, 6.07) is 16.1. The maximum atomic E-state index is 13.5. The number of imidazole rings is 1. The van der Waals surface area contributed by atoms with Crippen LogP contribution in [0, 0.1) is 13.8 Å². The molecule has 2 aromatic heterocycles. The first-order chi connectivity index (χ1) is 35.5. The van der Waals surface area contributed by atoms with Crippen LogP contribution in [0.15, 0.2) is 88.9 Å². The van der Waals surface area contributed by atoms with Crippen LogP contribution in [-0.4, -0.2) is 123 Å². The second-order valence-electron chi connectivity index (χ2n) is 17.1. The quantitative estimate of drug-likeness (QED) is 0.0315. The summed E-state index contributed by atoms with van der Waals surface area (Å²) in [5.41, 5.74) is 2.26. The fraction of sp³-hybridized carbons (Fsp3) is 0.462. The molecule has 5 rings (SSSR count). The molecule has 404 valence electrons. The standard InChI is InChI=1S/C37H49N7O9S.C15H23NO4/c1-6-15-52-16-8-12-38-32(45)9-7-17-53-27-18-24(2)34(25(3)19-27)54(50,51)42-30(36(48)49)22-40-35(47)29-23-44(5)31-20-26(10-11-28(31)33(29)46)21-41-37-39-13-14-43(37)4;1-2-18-11-12-19-10-6-9-16-15(17)20-13-14-7-4-3-5-8-14/h10-11,13-14,18-20,23,30,42H,6-9,12,15-17,21-22H2,1-5H3,(H,38,45)(H,39,41)(H,40,47)(H,48,49);3-5,7-8H,2,6,9-13H2,1H3,(H,16,17)/t30-;/m0./s1. The van der Waals surface area contributed by atoms with Gasteiger partial charge in [-0.25, -0.2) is 18.2 Å². The van der Waals surface area contributed by atoms with E-state index in [1.807, 2.05) is 68.1 Å². The van der Waals surface area contributed by atoms with E-state index in [4.69, 9.17) is 23.7 Å². The highest BCUT2D eigenvalue weighted by Gasteiger charge is 2.29. The molecule has 22 heteroatoms. The Morgan fingerprint density at radius 1 is 0.784 bits per heavy atom. The van der Waals surface area contributed by atoms with Crippen molar-refractivity contribution < 1.29 is 56.4 Å². The number of fused-ring (bicyclic) bond motifs is 1. The number of rotatable bonds is 31. The van der Waals surface area contributed by atoms with E-state index >= 15 is 0 Å². The highest BCUT2D eigenvalue weighted by atomic mass is 32.2. The van der Waals surface area contributed by atoms with Crippen LogP contribution in [0.25, 0.3) is 10.9 Å². The summed E-state index contributed by atoms with van der Waals surface area (Å²) >= 11 is 0. The number of benzene rings is 3. The van der Waals surface area contributed by atoms with E-state index in [1.54, 1.807) is 43.8 Å². The fourth-order valence-corrected chi connectivity index (χ4v) is 8.95. The summed E-state index contributed by atoms with van der Waals surface area (Å²) in [4.78, 5) is 66.3. The molecule has 74 heavy (non-hydrogen) atoms. The van der Waals surface area contributed by atoms with Crippen molar-refractivity contribution in [2.24, 2.45) is 14.1 Å². The minimum Gasteiger partial charge on any atom is -0.494 e. The second-order valence-corrected chi connectivity index (χ2v) is 18.7. The van der Waals surface area contributed by atoms with Crippen molar-refractivity contribution >= 4 is 50.8 Å². The Morgan fingerprint density at radius 2 is 1.47 bits per heavy atom. The smallest absolute Gasteiger partial charge is 0.407 e. The average Bonchev–Trinajstić information content (AvgIpc) is 3.79. The summed E-state index contributed by atoms with van der Waals surface area (Å²) in [5, 5.41) is 21.3. The molecule has 5 aromatic rings. The molecule has 3 aromatic carbocycles. The van der Waals surface area contributed by atoms with Crippen molar-refractivity contribution in [2.45, 2.75) is 83.9 Å². The normalized spacial score (nSPS) is 11.5. The molecular weight excluding hydrogens is 977 g/mol. The van der Waals surface area contributed by atoms with Crippen molar-refractivity contribution in [3.63, 3.8) is 0 Å². The number of sulfonamides is 1. The lowest BCUT2D eigenvalue weighted by Gasteiger charge is -2.19. The SMILES string of the molecule is CCCOCCCNC(=O)CCCOc1cc(C)c(S(=O)(=O)N[C@@H](CNC(=O)c2cn(C)c3cc(CNc4nccn4C)ccc3c2=O)C(=O)O)c(C)c1.CCOCCOCCCNC(=O)OCc1ccccc1. The molecule has 0 saturated heterocycles. The highest BCUT2D eigenvalue weighted by molar-refractivity contribution is 7.89. The number of aliphatic carboxylic acids is 1. The first-order valence-corrected chi connectivity index (χ1v) is 26.1. The summed E-state index contributed by atoms with van der Waals surface area (Å²) < 4.78 is 59.3. The molecular formula is C52H72N8O13S. The van der Waals surface area contributed by atoms with Gasteiger partial charge in [-0.2, -0.15) is 4.72 Å². The molecule has 0 spiro atoms. The number of aryl methyl sites for hydroxylation is 4. The molecule has 3 amide bonds. The number of nitrogens with one attached hydrogen (secondary N) is 5. The van der Waals surface area contributed by atoms with Crippen LogP contribution in [0.4, 0.5) is 10.7 Å². The number of amides is 3. The molecule has 0 fully saturated rings. The Morgan fingerprint density at radius 3 is 2.14 bits per heavy atom. The van der Waals surface area contributed by atoms with Crippen molar-refractivity contribution in [2.75, 3.05) is 71.2 Å². The van der Waals surface area contributed by atoms with E-state index in [-0.39, 0.29) is 41.4 Å². The fourth-order valence-electron chi connectivity index (χ4n) is 7.31. The Labute approximate surface area is 432 Å². The van der Waals surface area contributed by atoms with E-state index in [0.29, 0.717) is 94.0 Å². The molecule has 2 heterocycles. The Hall–Kier alpha value is -6.85. The van der Waals surface area contributed by atoms with E-state index < -0.39 is 46.0 Å². The number of hydrogen-bond donors (Lipinski definition) is 6. The highest BCUT2D eigenvalue weighted by Crippen LogP contribution is 2.26. The molecule has 0 saturated carbocycles. The van der Waals surface area contributed by atoms with Crippen LogP contribution in [0.3, 0.4) is 0 Å². The van der Waals surface area contributed by atoms with Crippen LogP contribution in [0.2, 0.25) is 0 Å². The van der Waals surface area contributed by atoms with Crippen LogP contribution in [0.1, 0.15) is 78.6 Å². The lowest BCUT2D eigenvalue weighted by molar-refractivity contribution is -0.138. The molecule has 0 aliphatic rings. The maximum Gasteiger partial charge on any atom is 0.407 e. The number of carboxylic acid groups (broad SMARTS) is 1. The predicted molar refractivity (Wildman–Crippen MR) is 280 cm³/mol. The number of anilines is 1. The molecule has 0 radical (unpaired) electrons. The van der Waals surface area contributed by atoms with E-state index in [0.717, 1.165) is 30.4 Å². The van der Waals surface area contributed by atoms with Gasteiger partial charge in [-0.1, -0.05) is 43.3 Å². The number of carboxylic acids is 1. The summed E-state index contributed by atoms with van der Waals surface area (Å²) in [6.07, 6.45) is 7.58. The zero-order valence-corrected chi connectivity index (χ0v) is 44.0. The number of aromatic nitrogens is 3. The number of ether oxygens (including phenoxy) is 5. The molecule has 1 atom stereocenters. The molecule has 0 unspecified atom stereocenters. The molecule has 21 nitrogen and oxygen atoms in total. The van der Waals surface area contributed by atoms with E-state index in [1.165, 1.54) is 18.3 Å². The maximum absolute atomic E-state index is 13.5. The monoisotopic (exact) mass is 1050 g/mol. The third-order valence-electron chi connectivity index (χ3n) is 11.0. The number of hydrogen-bond acceptors (Lipinski definition) is 14. The number of carbonyl (C=O) groups excluding carboxylic acids is 3. The Bertz CT molecular complexity index is 2730. The van der Waals surface area contributed by atoms with Crippen molar-refractivity contribution in [1.29, 1.82) is 0 Å². The zero-order valence-electron chi connectivity index (χ0n) is 43.2. The van der Waals surface area contributed by atoms with Crippen molar-refractivity contribution in [1.82, 2.24) is 34.8 Å². The van der Waals surface area contributed by atoms with Gasteiger partial charge in [-0.3, -0.25) is 19.2 Å². The number of nitrogens with zero attached hydrogens (tertiary/aromatic N) is 3. The number of alkyl carbamates (subject to hydrolysis) is 1. The predicted octanol–water partition coefficient (Wildman–Crippen LogP) is 5.11. The molecule has 0 aliphatic carbocycles. The van der Waals surface area contributed by atoms with Gasteiger partial charge in [-0.15, -0.1) is 0 Å². The molecule has 0 bridgehead atoms. The van der Waals surface area contributed by atoms with Gasteiger partial charge in [0.15, 0.2) is 0 Å². The third-order valence-corrected chi connectivity index (χ3v) is 12.8. The van der Waals surface area contributed by atoms with Gasteiger partial charge >= 0.3 is 12.1 Å². The molecule has 0 aliphatic heterocycles. The largest absolute Gasteiger partial charge is 0.494 e. The number of pyridine rings is 1. The van der Waals surface area contributed by atoms with Crippen LogP contribution >= 0.6 is 0 Å². The van der Waals surface area contributed by atoms with Crippen LogP contribution < -0.4 is 36.2 Å². The zero-order chi connectivity index (χ0) is 53.9. The lowest BCUT2D eigenvalue weighted by Crippen LogP contribution is -2.49. The Kier molecular flexibility index (Phi) is 25.6. The van der Waals surface area contributed by atoms with Gasteiger partial charge in [0.05, 0.1) is 30.2 Å². The molecule has 6 N–H and O–H groups in total. The van der Waals surface area contributed by atoms with E-state index in [9.17, 15) is 37.5 Å². The average molecular weight is 1050 g/mol. The van der Waals surface area contributed by atoms with Gasteiger partial charge in [0.25, 0.3) is 5.91 Å². The third kappa shape index (κ3) is 20.2. The van der Waals surface area contributed by atoms with Crippen LogP contribution in [0.5, 0.6) is 5.75 Å². The minimum atomic E-state index is -4.39. The number of carbonyl (C=O) groups is 4. The topological polar surface area (TPSA) is 269 Å². The second kappa shape index (κ2) is 31.7. The Balaban J connectivity index is 0.000000496. The summed E-state index contributed by atoms with van der Waals surface area (Å²) in [5.74, 6) is -1.41. The first-order valence-electron chi connectivity index (χ1n) is 24.6. The van der Waals surface area contributed by atoms with Crippen molar-refractivity contribution in [3.05, 3.63) is 117 Å². The lowest BCUT2D eigenvalue weighted by atomic mass is 10.1.